The van der Waals surface area contributed by atoms with Crippen LogP contribution in [-0.2, 0) is 9.59 Å². The van der Waals surface area contributed by atoms with Crippen molar-refractivity contribution in [1.29, 1.82) is 0 Å². The SMILES string of the molecule is COc1ccc(N2C(=O)C(=O)/C(=C(/O)c3cc(C)c(OC)cc3C)C2c2cccc(O)c2)cc1. The molecular weight excluding hydrogens is 434 g/mol. The molecule has 0 spiro atoms. The average Bonchev–Trinajstić information content (AvgIpc) is 3.10. The first-order chi connectivity index (χ1) is 16.3. The molecule has 34 heavy (non-hydrogen) atoms. The minimum atomic E-state index is -0.942. The first kappa shape index (κ1) is 22.9. The minimum absolute atomic E-state index is 0.0192. The van der Waals surface area contributed by atoms with Gasteiger partial charge in [0.1, 0.15) is 23.0 Å². The summed E-state index contributed by atoms with van der Waals surface area (Å²) in [4.78, 5) is 27.9. The molecular formula is C27H25NO6. The monoisotopic (exact) mass is 459 g/mol. The van der Waals surface area contributed by atoms with Crippen LogP contribution in [0.4, 0.5) is 5.69 Å². The van der Waals surface area contributed by atoms with Crippen molar-refractivity contribution < 1.29 is 29.3 Å². The highest BCUT2D eigenvalue weighted by atomic mass is 16.5. The number of nitrogens with zero attached hydrogens (tertiary/aromatic N) is 1. The van der Waals surface area contributed by atoms with Crippen LogP contribution in [0.15, 0.2) is 66.2 Å². The van der Waals surface area contributed by atoms with Gasteiger partial charge in [-0.05, 0) is 79.1 Å². The topological polar surface area (TPSA) is 96.3 Å². The molecule has 1 aliphatic rings. The Morgan fingerprint density at radius 3 is 2.24 bits per heavy atom. The average molecular weight is 459 g/mol. The number of carbonyl (C=O) groups excluding carboxylic acids is 2. The predicted molar refractivity (Wildman–Crippen MR) is 128 cm³/mol. The van der Waals surface area contributed by atoms with Crippen LogP contribution < -0.4 is 14.4 Å². The van der Waals surface area contributed by atoms with Crippen molar-refractivity contribution in [3.63, 3.8) is 0 Å². The Morgan fingerprint density at radius 1 is 0.912 bits per heavy atom. The van der Waals surface area contributed by atoms with Crippen molar-refractivity contribution in [3.05, 3.63) is 88.5 Å². The van der Waals surface area contributed by atoms with E-state index >= 15 is 0 Å². The molecule has 1 saturated heterocycles. The summed E-state index contributed by atoms with van der Waals surface area (Å²) in [5.41, 5.74) is 2.77. The van der Waals surface area contributed by atoms with Gasteiger partial charge in [-0.3, -0.25) is 14.5 Å². The van der Waals surface area contributed by atoms with Crippen LogP contribution in [0.5, 0.6) is 17.2 Å². The number of ketones is 1. The molecule has 3 aromatic carbocycles. The van der Waals surface area contributed by atoms with E-state index in [2.05, 4.69) is 0 Å². The number of carbonyl (C=O) groups is 2. The molecule has 0 bridgehead atoms. The van der Waals surface area contributed by atoms with Gasteiger partial charge >= 0.3 is 0 Å². The molecule has 7 nitrogen and oxygen atoms in total. The molecule has 2 N–H and O–H groups in total. The number of amides is 1. The summed E-state index contributed by atoms with van der Waals surface area (Å²) in [5, 5.41) is 21.5. The zero-order valence-corrected chi connectivity index (χ0v) is 19.3. The Labute approximate surface area is 197 Å². The van der Waals surface area contributed by atoms with Gasteiger partial charge in [0.15, 0.2) is 0 Å². The van der Waals surface area contributed by atoms with Crippen LogP contribution >= 0.6 is 0 Å². The molecule has 0 aliphatic carbocycles. The molecule has 0 radical (unpaired) electrons. The van der Waals surface area contributed by atoms with Gasteiger partial charge in [-0.25, -0.2) is 0 Å². The number of benzene rings is 3. The van der Waals surface area contributed by atoms with Crippen molar-refractivity contribution in [2.75, 3.05) is 19.1 Å². The zero-order valence-electron chi connectivity index (χ0n) is 19.3. The van der Waals surface area contributed by atoms with Gasteiger partial charge in [0, 0.05) is 11.3 Å². The number of aryl methyl sites for hydroxylation is 2. The second kappa shape index (κ2) is 8.94. The van der Waals surface area contributed by atoms with E-state index < -0.39 is 17.7 Å². The Bertz CT molecular complexity index is 1310. The highest BCUT2D eigenvalue weighted by Crippen LogP contribution is 2.43. The van der Waals surface area contributed by atoms with Crippen molar-refractivity contribution in [3.8, 4) is 17.2 Å². The quantitative estimate of drug-likeness (QED) is 0.328. The summed E-state index contributed by atoms with van der Waals surface area (Å²) >= 11 is 0. The standard InChI is InChI=1S/C27H25NO6/c1-15-13-22(34-4)16(2)12-21(15)25(30)23-24(17-6-5-7-19(29)14-17)28(27(32)26(23)31)18-8-10-20(33-3)11-9-18/h5-14,24,29-30H,1-4H3/b25-23+. The third kappa shape index (κ3) is 3.85. The first-order valence-corrected chi connectivity index (χ1v) is 10.7. The summed E-state index contributed by atoms with van der Waals surface area (Å²) in [6.45, 7) is 3.62. The van der Waals surface area contributed by atoms with E-state index in [-0.39, 0.29) is 17.1 Å². The third-order valence-electron chi connectivity index (χ3n) is 5.98. The molecule has 1 aliphatic heterocycles. The second-order valence-electron chi connectivity index (χ2n) is 8.10. The Hall–Kier alpha value is -4.26. The fourth-order valence-electron chi connectivity index (χ4n) is 4.26. The highest BCUT2D eigenvalue weighted by Gasteiger charge is 2.47. The molecule has 1 unspecified atom stereocenters. The number of hydrogen-bond donors (Lipinski definition) is 2. The fourth-order valence-corrected chi connectivity index (χ4v) is 4.26. The first-order valence-electron chi connectivity index (χ1n) is 10.7. The molecule has 4 rings (SSSR count). The van der Waals surface area contributed by atoms with E-state index in [1.54, 1.807) is 62.6 Å². The van der Waals surface area contributed by atoms with E-state index in [1.807, 2.05) is 6.92 Å². The molecule has 1 amide bonds. The smallest absolute Gasteiger partial charge is 0.300 e. The van der Waals surface area contributed by atoms with E-state index in [0.29, 0.717) is 33.9 Å². The van der Waals surface area contributed by atoms with Crippen molar-refractivity contribution >= 4 is 23.1 Å². The number of phenolic OH excluding ortho intramolecular Hbond substituents is 1. The minimum Gasteiger partial charge on any atom is -0.508 e. The van der Waals surface area contributed by atoms with Crippen LogP contribution in [0.1, 0.15) is 28.3 Å². The highest BCUT2D eigenvalue weighted by molar-refractivity contribution is 6.51. The summed E-state index contributed by atoms with van der Waals surface area (Å²) in [6, 6.07) is 15.6. The Kier molecular flexibility index (Phi) is 6.03. The van der Waals surface area contributed by atoms with Gasteiger partial charge in [0.25, 0.3) is 11.7 Å². The number of ether oxygens (including phenoxy) is 2. The number of rotatable bonds is 5. The Balaban J connectivity index is 1.96. The van der Waals surface area contributed by atoms with Gasteiger partial charge in [0.2, 0.25) is 0 Å². The van der Waals surface area contributed by atoms with Crippen molar-refractivity contribution in [1.82, 2.24) is 0 Å². The number of phenols is 1. The lowest BCUT2D eigenvalue weighted by Gasteiger charge is -2.26. The number of aliphatic hydroxyl groups is 1. The third-order valence-corrected chi connectivity index (χ3v) is 5.98. The van der Waals surface area contributed by atoms with E-state index in [4.69, 9.17) is 9.47 Å². The number of Topliss-reactive ketones (excluding diaryl/α,β-unsaturated/α-hetero) is 1. The number of hydrogen-bond acceptors (Lipinski definition) is 6. The van der Waals surface area contributed by atoms with Gasteiger partial charge in [-0.2, -0.15) is 0 Å². The molecule has 0 saturated carbocycles. The lowest BCUT2D eigenvalue weighted by Crippen LogP contribution is -2.29. The van der Waals surface area contributed by atoms with E-state index in [0.717, 1.165) is 5.56 Å². The van der Waals surface area contributed by atoms with Crippen LogP contribution in [0, 0.1) is 13.8 Å². The predicted octanol–water partition coefficient (Wildman–Crippen LogP) is 4.65. The lowest BCUT2D eigenvalue weighted by molar-refractivity contribution is -0.132. The molecule has 7 heteroatoms. The van der Waals surface area contributed by atoms with Crippen LogP contribution in [-0.4, -0.2) is 36.1 Å². The molecule has 0 aromatic heterocycles. The lowest BCUT2D eigenvalue weighted by atomic mass is 9.93. The van der Waals surface area contributed by atoms with Crippen LogP contribution in [0.3, 0.4) is 0 Å². The van der Waals surface area contributed by atoms with Crippen LogP contribution in [0.25, 0.3) is 5.76 Å². The van der Waals surface area contributed by atoms with Crippen molar-refractivity contribution in [2.45, 2.75) is 19.9 Å². The molecule has 174 valence electrons. The van der Waals surface area contributed by atoms with Crippen LogP contribution in [0.2, 0.25) is 0 Å². The molecule has 3 aromatic rings. The second-order valence-corrected chi connectivity index (χ2v) is 8.10. The maximum absolute atomic E-state index is 13.3. The zero-order chi connectivity index (χ0) is 24.6. The fraction of sp³-hybridized carbons (Fsp3) is 0.185. The maximum Gasteiger partial charge on any atom is 0.300 e. The Morgan fingerprint density at radius 2 is 1.62 bits per heavy atom. The van der Waals surface area contributed by atoms with Gasteiger partial charge < -0.3 is 19.7 Å². The van der Waals surface area contributed by atoms with Gasteiger partial charge in [0.05, 0.1) is 25.8 Å². The molecule has 1 heterocycles. The summed E-state index contributed by atoms with van der Waals surface area (Å²) in [5.74, 6) is -0.645. The van der Waals surface area contributed by atoms with E-state index in [9.17, 15) is 19.8 Å². The maximum atomic E-state index is 13.3. The normalized spacial score (nSPS) is 17.2. The molecule has 1 atom stereocenters. The van der Waals surface area contributed by atoms with E-state index in [1.165, 1.54) is 24.1 Å². The largest absolute Gasteiger partial charge is 0.508 e. The summed E-state index contributed by atoms with van der Waals surface area (Å²) < 4.78 is 10.6. The number of aromatic hydroxyl groups is 1. The summed E-state index contributed by atoms with van der Waals surface area (Å²) in [7, 11) is 3.09. The number of anilines is 1. The molecule has 1 fully saturated rings. The number of methoxy groups -OCH3 is 2. The van der Waals surface area contributed by atoms with Gasteiger partial charge in [-0.15, -0.1) is 0 Å². The van der Waals surface area contributed by atoms with Gasteiger partial charge in [-0.1, -0.05) is 12.1 Å². The summed E-state index contributed by atoms with van der Waals surface area (Å²) in [6.07, 6.45) is 0. The number of aliphatic hydroxyl groups excluding tert-OH is 1. The van der Waals surface area contributed by atoms with Crippen molar-refractivity contribution in [2.24, 2.45) is 0 Å².